The normalized spacial score (nSPS) is 13.6. The average molecular weight is 386 g/mol. The molecule has 8 heteroatoms. The van der Waals surface area contributed by atoms with E-state index >= 15 is 0 Å². The van der Waals surface area contributed by atoms with Crippen LogP contribution in [-0.4, -0.2) is 49.1 Å². The average Bonchev–Trinajstić information content (AvgIpc) is 2.87. The summed E-state index contributed by atoms with van der Waals surface area (Å²) in [7, 11) is -3.66. The highest BCUT2D eigenvalue weighted by atomic mass is 32.2. The highest BCUT2D eigenvalue weighted by Crippen LogP contribution is 2.22. The molecule has 0 fully saturated rings. The van der Waals surface area contributed by atoms with Crippen molar-refractivity contribution >= 4 is 33.2 Å². The van der Waals surface area contributed by atoms with Crippen LogP contribution < -0.4 is 5.32 Å². The van der Waals surface area contributed by atoms with E-state index < -0.39 is 33.3 Å². The lowest BCUT2D eigenvalue weighted by atomic mass is 10.1. The Bertz CT molecular complexity index is 951. The molecular formula is C19H18N2O5S. The molecule has 27 heavy (non-hydrogen) atoms. The Hall–Kier alpha value is -3.00. The van der Waals surface area contributed by atoms with E-state index in [0.717, 1.165) is 4.90 Å². The maximum Gasteiger partial charge on any atom is 0.261 e. The van der Waals surface area contributed by atoms with Crippen LogP contribution in [0.4, 0.5) is 5.69 Å². The molecule has 7 nitrogen and oxygen atoms in total. The van der Waals surface area contributed by atoms with E-state index in [-0.39, 0.29) is 18.7 Å². The molecule has 3 rings (SSSR count). The number of amides is 3. The number of para-hydroxylation sites is 1. The lowest BCUT2D eigenvalue weighted by molar-refractivity contribution is -0.113. The van der Waals surface area contributed by atoms with Gasteiger partial charge in [0.25, 0.3) is 11.8 Å². The third-order valence-corrected chi connectivity index (χ3v) is 5.74. The fourth-order valence-electron chi connectivity index (χ4n) is 2.88. The number of carbonyl (C=O) groups excluding carboxylic acids is 3. The van der Waals surface area contributed by atoms with Gasteiger partial charge < -0.3 is 5.32 Å². The predicted octanol–water partition coefficient (Wildman–Crippen LogP) is 1.73. The molecule has 2 aromatic rings. The van der Waals surface area contributed by atoms with Crippen LogP contribution in [0, 0.1) is 0 Å². The molecule has 140 valence electrons. The van der Waals surface area contributed by atoms with Crippen LogP contribution in [-0.2, 0) is 14.6 Å². The van der Waals surface area contributed by atoms with E-state index in [1.54, 1.807) is 54.6 Å². The summed E-state index contributed by atoms with van der Waals surface area (Å²) in [5.41, 5.74) is 1.17. The number of fused-ring (bicyclic) bond motifs is 1. The van der Waals surface area contributed by atoms with E-state index in [1.165, 1.54) is 0 Å². The van der Waals surface area contributed by atoms with Gasteiger partial charge in [-0.15, -0.1) is 0 Å². The van der Waals surface area contributed by atoms with Crippen LogP contribution in [0.5, 0.6) is 0 Å². The molecule has 0 unspecified atom stereocenters. The molecular weight excluding hydrogens is 368 g/mol. The number of anilines is 1. The standard InChI is InChI=1S/C19H18N2O5S/c22-17(20-14-7-2-1-3-8-14)13-27(25,26)12-6-11-21-18(23)15-9-4-5-10-16(15)19(21)24/h1-5,7-10H,6,11-13H2,(H,20,22). The Labute approximate surface area is 156 Å². The second kappa shape index (κ2) is 7.71. The Morgan fingerprint density at radius 1 is 0.889 bits per heavy atom. The van der Waals surface area contributed by atoms with Gasteiger partial charge in [0.15, 0.2) is 9.84 Å². The van der Waals surface area contributed by atoms with Gasteiger partial charge in [0.1, 0.15) is 5.75 Å². The fourth-order valence-corrected chi connectivity index (χ4v) is 4.06. The van der Waals surface area contributed by atoms with E-state index in [4.69, 9.17) is 0 Å². The molecule has 0 saturated carbocycles. The summed E-state index contributed by atoms with van der Waals surface area (Å²) in [6.45, 7) is -0.00805. The lowest BCUT2D eigenvalue weighted by Crippen LogP contribution is -2.32. The Balaban J connectivity index is 1.52. The lowest BCUT2D eigenvalue weighted by Gasteiger charge is -2.13. The molecule has 1 aliphatic rings. The minimum atomic E-state index is -3.66. The second-order valence-corrected chi connectivity index (χ2v) is 8.35. The van der Waals surface area contributed by atoms with Crippen molar-refractivity contribution in [3.8, 4) is 0 Å². The van der Waals surface area contributed by atoms with Crippen LogP contribution in [0.2, 0.25) is 0 Å². The fraction of sp³-hybridized carbons (Fsp3) is 0.211. The first-order valence-corrected chi connectivity index (χ1v) is 10.2. The van der Waals surface area contributed by atoms with Gasteiger partial charge in [0.2, 0.25) is 5.91 Å². The number of nitrogens with one attached hydrogen (secondary N) is 1. The van der Waals surface area contributed by atoms with Crippen LogP contribution in [0.3, 0.4) is 0 Å². The molecule has 0 aliphatic carbocycles. The van der Waals surface area contributed by atoms with E-state index in [2.05, 4.69) is 5.32 Å². The van der Waals surface area contributed by atoms with E-state index in [1.807, 2.05) is 0 Å². The number of hydrogen-bond acceptors (Lipinski definition) is 5. The van der Waals surface area contributed by atoms with Gasteiger partial charge in [-0.05, 0) is 30.7 Å². The summed E-state index contributed by atoms with van der Waals surface area (Å²) in [5, 5.41) is 2.52. The van der Waals surface area contributed by atoms with Gasteiger partial charge in [0, 0.05) is 12.2 Å². The minimum absolute atomic E-state index is 0.00805. The summed E-state index contributed by atoms with van der Waals surface area (Å²) in [4.78, 5) is 37.4. The second-order valence-electron chi connectivity index (χ2n) is 6.17. The zero-order valence-corrected chi connectivity index (χ0v) is 15.2. The Kier molecular flexibility index (Phi) is 5.36. The first-order chi connectivity index (χ1) is 12.9. The van der Waals surface area contributed by atoms with Gasteiger partial charge in [-0.2, -0.15) is 0 Å². The number of benzene rings is 2. The van der Waals surface area contributed by atoms with Crippen molar-refractivity contribution in [3.63, 3.8) is 0 Å². The number of nitrogens with zero attached hydrogens (tertiary/aromatic N) is 1. The third-order valence-electron chi connectivity index (χ3n) is 4.12. The number of carbonyl (C=O) groups is 3. The SMILES string of the molecule is O=C(CS(=O)(=O)CCCN1C(=O)c2ccccc2C1=O)Nc1ccccc1. The van der Waals surface area contributed by atoms with Gasteiger partial charge in [0.05, 0.1) is 16.9 Å². The van der Waals surface area contributed by atoms with Gasteiger partial charge in [-0.3, -0.25) is 19.3 Å². The number of sulfone groups is 1. The highest BCUT2D eigenvalue weighted by Gasteiger charge is 2.34. The zero-order chi connectivity index (χ0) is 19.4. The van der Waals surface area contributed by atoms with Gasteiger partial charge in [-0.25, -0.2) is 8.42 Å². The predicted molar refractivity (Wildman–Crippen MR) is 100 cm³/mol. The molecule has 0 atom stereocenters. The summed E-state index contributed by atoms with van der Waals surface area (Å²) < 4.78 is 24.3. The summed E-state index contributed by atoms with van der Waals surface area (Å²) in [5.74, 6) is -2.40. The molecule has 2 aromatic carbocycles. The quantitative estimate of drug-likeness (QED) is 0.731. The van der Waals surface area contributed by atoms with Gasteiger partial charge in [-0.1, -0.05) is 30.3 Å². The van der Waals surface area contributed by atoms with E-state index in [0.29, 0.717) is 16.8 Å². The summed E-state index contributed by atoms with van der Waals surface area (Å²) >= 11 is 0. The first-order valence-electron chi connectivity index (χ1n) is 8.38. The maximum absolute atomic E-state index is 12.2. The molecule has 1 N–H and O–H groups in total. The summed E-state index contributed by atoms with van der Waals surface area (Å²) in [6, 6.07) is 15.0. The molecule has 1 aliphatic heterocycles. The number of rotatable bonds is 7. The van der Waals surface area contributed by atoms with Crippen molar-refractivity contribution in [1.29, 1.82) is 0 Å². The zero-order valence-electron chi connectivity index (χ0n) is 14.4. The van der Waals surface area contributed by atoms with Gasteiger partial charge >= 0.3 is 0 Å². The van der Waals surface area contributed by atoms with Crippen molar-refractivity contribution in [2.45, 2.75) is 6.42 Å². The van der Waals surface area contributed by atoms with Crippen LogP contribution in [0.1, 0.15) is 27.1 Å². The Morgan fingerprint density at radius 2 is 1.44 bits per heavy atom. The van der Waals surface area contributed by atoms with Crippen molar-refractivity contribution in [2.75, 3.05) is 23.4 Å². The Morgan fingerprint density at radius 3 is 2.04 bits per heavy atom. The maximum atomic E-state index is 12.2. The van der Waals surface area contributed by atoms with Crippen molar-refractivity contribution in [2.24, 2.45) is 0 Å². The molecule has 3 amide bonds. The van der Waals surface area contributed by atoms with Crippen molar-refractivity contribution < 1.29 is 22.8 Å². The van der Waals surface area contributed by atoms with Crippen molar-refractivity contribution in [1.82, 2.24) is 4.90 Å². The molecule has 0 radical (unpaired) electrons. The van der Waals surface area contributed by atoms with E-state index in [9.17, 15) is 22.8 Å². The highest BCUT2D eigenvalue weighted by molar-refractivity contribution is 7.92. The number of imide groups is 1. The molecule has 0 saturated heterocycles. The first kappa shape index (κ1) is 18.8. The topological polar surface area (TPSA) is 101 Å². The third kappa shape index (κ3) is 4.40. The van der Waals surface area contributed by atoms with Crippen LogP contribution in [0.15, 0.2) is 54.6 Å². The largest absolute Gasteiger partial charge is 0.325 e. The molecule has 0 bridgehead atoms. The summed E-state index contributed by atoms with van der Waals surface area (Å²) in [6.07, 6.45) is 0.0758. The smallest absolute Gasteiger partial charge is 0.261 e. The molecule has 0 spiro atoms. The van der Waals surface area contributed by atoms with Crippen LogP contribution >= 0.6 is 0 Å². The van der Waals surface area contributed by atoms with Crippen molar-refractivity contribution in [3.05, 3.63) is 65.7 Å². The minimum Gasteiger partial charge on any atom is -0.325 e. The number of hydrogen-bond donors (Lipinski definition) is 1. The molecule has 1 heterocycles. The van der Waals surface area contributed by atoms with Crippen LogP contribution in [0.25, 0.3) is 0 Å². The monoisotopic (exact) mass is 386 g/mol. The molecule has 0 aromatic heterocycles.